The van der Waals surface area contributed by atoms with Crippen molar-refractivity contribution < 1.29 is 14.1 Å². The summed E-state index contributed by atoms with van der Waals surface area (Å²) in [5.41, 5.74) is -0.0197. The Labute approximate surface area is 120 Å². The number of furan rings is 1. The molecule has 0 atom stereocenters. The van der Waals surface area contributed by atoms with E-state index in [2.05, 4.69) is 21.2 Å². The van der Waals surface area contributed by atoms with Crippen molar-refractivity contribution in [2.45, 2.75) is 0 Å². The Morgan fingerprint density at radius 3 is 2.68 bits per heavy atom. The lowest BCUT2D eigenvalue weighted by atomic mass is 10.2. The molecule has 1 N–H and O–H groups in total. The molecule has 98 valence electrons. The molecule has 0 radical (unpaired) electrons. The average Bonchev–Trinajstić information content (AvgIpc) is 2.78. The van der Waals surface area contributed by atoms with Gasteiger partial charge in [-0.3, -0.25) is 14.9 Å². The van der Waals surface area contributed by atoms with Crippen LogP contribution in [0.5, 0.6) is 0 Å². The smallest absolute Gasteiger partial charge is 0.291 e. The molecule has 1 heterocycles. The number of halogens is 2. The largest absolute Gasteiger partial charge is 0.444 e. The van der Waals surface area contributed by atoms with Crippen LogP contribution in [0.25, 0.3) is 0 Å². The van der Waals surface area contributed by atoms with Gasteiger partial charge < -0.3 is 9.73 Å². The fraction of sp³-hybridized carbons (Fsp3) is 0. The summed E-state index contributed by atoms with van der Waals surface area (Å²) in [6.07, 6.45) is 0. The van der Waals surface area contributed by atoms with E-state index in [9.17, 15) is 14.9 Å². The van der Waals surface area contributed by atoms with Crippen LogP contribution in [0.2, 0.25) is 5.02 Å². The molecule has 1 aromatic heterocycles. The number of benzene rings is 1. The summed E-state index contributed by atoms with van der Waals surface area (Å²) in [6.45, 7) is 0. The van der Waals surface area contributed by atoms with Gasteiger partial charge in [0.05, 0.1) is 4.92 Å². The van der Waals surface area contributed by atoms with Gasteiger partial charge in [0.1, 0.15) is 5.02 Å². The summed E-state index contributed by atoms with van der Waals surface area (Å²) in [6, 6.07) is 7.03. The van der Waals surface area contributed by atoms with Crippen molar-refractivity contribution in [2.75, 3.05) is 5.32 Å². The maximum Gasteiger partial charge on any atom is 0.291 e. The summed E-state index contributed by atoms with van der Waals surface area (Å²) in [5.74, 6) is -0.424. The maximum absolute atomic E-state index is 11.8. The topological polar surface area (TPSA) is 85.4 Å². The predicted molar refractivity (Wildman–Crippen MR) is 72.5 cm³/mol. The minimum atomic E-state index is -0.624. The zero-order valence-corrected chi connectivity index (χ0v) is 11.6. The summed E-state index contributed by atoms with van der Waals surface area (Å²) >= 11 is 8.74. The zero-order chi connectivity index (χ0) is 14.0. The predicted octanol–water partition coefficient (Wildman–Crippen LogP) is 3.86. The van der Waals surface area contributed by atoms with E-state index in [0.29, 0.717) is 4.67 Å². The first kappa shape index (κ1) is 13.6. The van der Waals surface area contributed by atoms with Gasteiger partial charge >= 0.3 is 0 Å². The van der Waals surface area contributed by atoms with Gasteiger partial charge in [0.15, 0.2) is 10.4 Å². The number of rotatable bonds is 3. The van der Waals surface area contributed by atoms with E-state index in [1.807, 2.05) is 0 Å². The van der Waals surface area contributed by atoms with Crippen LogP contribution < -0.4 is 5.32 Å². The van der Waals surface area contributed by atoms with E-state index in [0.717, 1.165) is 0 Å². The fourth-order valence-corrected chi connectivity index (χ4v) is 1.85. The first-order valence-electron chi connectivity index (χ1n) is 4.98. The minimum Gasteiger partial charge on any atom is -0.444 e. The van der Waals surface area contributed by atoms with E-state index < -0.39 is 10.8 Å². The Hall–Kier alpha value is -1.86. The molecule has 6 nitrogen and oxygen atoms in total. The molecular formula is C11H6BrClN2O4. The van der Waals surface area contributed by atoms with Crippen LogP contribution in [0, 0.1) is 10.1 Å². The van der Waals surface area contributed by atoms with Crippen molar-refractivity contribution >= 4 is 44.8 Å². The highest BCUT2D eigenvalue weighted by Crippen LogP contribution is 2.27. The van der Waals surface area contributed by atoms with Crippen molar-refractivity contribution in [2.24, 2.45) is 0 Å². The monoisotopic (exact) mass is 344 g/mol. The van der Waals surface area contributed by atoms with Crippen LogP contribution in [-0.2, 0) is 0 Å². The van der Waals surface area contributed by atoms with Crippen molar-refractivity contribution in [3.63, 3.8) is 0 Å². The molecule has 0 saturated carbocycles. The normalized spacial score (nSPS) is 10.2. The summed E-state index contributed by atoms with van der Waals surface area (Å²) in [7, 11) is 0. The lowest BCUT2D eigenvalue weighted by Crippen LogP contribution is -2.10. The number of nitro benzene ring substituents is 1. The number of nitrogens with zero attached hydrogens (tertiary/aromatic N) is 1. The molecule has 0 fully saturated rings. The first-order valence-corrected chi connectivity index (χ1v) is 6.15. The number of carbonyl (C=O) groups is 1. The molecule has 0 aliphatic rings. The molecule has 0 aliphatic heterocycles. The van der Waals surface area contributed by atoms with Gasteiger partial charge in [0.2, 0.25) is 0 Å². The molecule has 2 rings (SSSR count). The number of hydrogen-bond acceptors (Lipinski definition) is 4. The molecule has 19 heavy (non-hydrogen) atoms. The molecular weight excluding hydrogens is 339 g/mol. The Bertz CT molecular complexity index is 656. The number of carbonyl (C=O) groups excluding carboxylic acids is 1. The van der Waals surface area contributed by atoms with Gasteiger partial charge in [-0.05, 0) is 40.2 Å². The van der Waals surface area contributed by atoms with Crippen LogP contribution in [-0.4, -0.2) is 10.8 Å². The van der Waals surface area contributed by atoms with E-state index in [-0.39, 0.29) is 22.2 Å². The molecule has 0 saturated heterocycles. The summed E-state index contributed by atoms with van der Waals surface area (Å²) in [4.78, 5) is 21.9. The molecule has 0 aliphatic carbocycles. The highest BCUT2D eigenvalue weighted by atomic mass is 79.9. The highest BCUT2D eigenvalue weighted by molar-refractivity contribution is 9.10. The Morgan fingerprint density at radius 1 is 1.37 bits per heavy atom. The maximum atomic E-state index is 11.8. The molecule has 0 bridgehead atoms. The summed E-state index contributed by atoms with van der Waals surface area (Å²) < 4.78 is 5.48. The number of amides is 1. The van der Waals surface area contributed by atoms with E-state index in [1.165, 1.54) is 24.3 Å². The summed E-state index contributed by atoms with van der Waals surface area (Å²) in [5, 5.41) is 13.2. The molecule has 0 unspecified atom stereocenters. The lowest BCUT2D eigenvalue weighted by molar-refractivity contribution is -0.384. The first-order chi connectivity index (χ1) is 8.97. The second-order valence-corrected chi connectivity index (χ2v) is 4.67. The molecule has 0 spiro atoms. The Kier molecular flexibility index (Phi) is 3.87. The quantitative estimate of drug-likeness (QED) is 0.676. The van der Waals surface area contributed by atoms with Gasteiger partial charge in [-0.2, -0.15) is 0 Å². The van der Waals surface area contributed by atoms with Crippen LogP contribution in [0.1, 0.15) is 10.6 Å². The lowest BCUT2D eigenvalue weighted by Gasteiger charge is -2.03. The van der Waals surface area contributed by atoms with Crippen molar-refractivity contribution in [3.05, 3.63) is 55.9 Å². The van der Waals surface area contributed by atoms with E-state index >= 15 is 0 Å². The van der Waals surface area contributed by atoms with Gasteiger partial charge in [0, 0.05) is 11.8 Å². The number of hydrogen-bond donors (Lipinski definition) is 1. The molecule has 1 amide bonds. The van der Waals surface area contributed by atoms with Gasteiger partial charge in [-0.1, -0.05) is 11.6 Å². The van der Waals surface area contributed by atoms with Crippen LogP contribution >= 0.6 is 27.5 Å². The van der Waals surface area contributed by atoms with Crippen molar-refractivity contribution in [1.82, 2.24) is 0 Å². The highest BCUT2D eigenvalue weighted by Gasteiger charge is 2.15. The SMILES string of the molecule is O=C(Nc1ccc(Cl)c([N+](=O)[O-])c1)c1ccc(Br)o1. The second kappa shape index (κ2) is 5.41. The van der Waals surface area contributed by atoms with Crippen LogP contribution in [0.15, 0.2) is 39.4 Å². The van der Waals surface area contributed by atoms with Crippen molar-refractivity contribution in [1.29, 1.82) is 0 Å². The number of nitrogens with one attached hydrogen (secondary N) is 1. The number of nitro groups is 1. The molecule has 1 aromatic carbocycles. The van der Waals surface area contributed by atoms with Gasteiger partial charge in [-0.25, -0.2) is 0 Å². The fourth-order valence-electron chi connectivity index (χ4n) is 1.36. The minimum absolute atomic E-state index is 0.00346. The third-order valence-electron chi connectivity index (χ3n) is 2.20. The Balaban J connectivity index is 2.22. The number of anilines is 1. The Morgan fingerprint density at radius 2 is 2.11 bits per heavy atom. The third kappa shape index (κ3) is 3.12. The second-order valence-electron chi connectivity index (χ2n) is 3.48. The standard InChI is InChI=1S/C11H6BrClN2O4/c12-10-4-3-9(19-10)11(16)14-6-1-2-7(13)8(5-6)15(17)18/h1-5H,(H,14,16). The average molecular weight is 346 g/mol. The van der Waals surface area contributed by atoms with Gasteiger partial charge in [-0.15, -0.1) is 0 Å². The van der Waals surface area contributed by atoms with E-state index in [4.69, 9.17) is 16.0 Å². The zero-order valence-electron chi connectivity index (χ0n) is 9.22. The van der Waals surface area contributed by atoms with Crippen LogP contribution in [0.4, 0.5) is 11.4 Å². The molecule has 2 aromatic rings. The van der Waals surface area contributed by atoms with Crippen LogP contribution in [0.3, 0.4) is 0 Å². The van der Waals surface area contributed by atoms with E-state index in [1.54, 1.807) is 6.07 Å². The van der Waals surface area contributed by atoms with Gasteiger partial charge in [0.25, 0.3) is 11.6 Å². The van der Waals surface area contributed by atoms with Crippen molar-refractivity contribution in [3.8, 4) is 0 Å². The molecule has 8 heteroatoms. The third-order valence-corrected chi connectivity index (χ3v) is 2.94.